The fourth-order valence-corrected chi connectivity index (χ4v) is 3.23. The standard InChI is InChI=1S/C16H28N2/c1-13-17-12-15(18-13)14-8-5-4-6-10-16(2,3)11-7-9-14/h12,14H,4-11H2,1-3H3,(H,17,18). The van der Waals surface area contributed by atoms with E-state index in [9.17, 15) is 0 Å². The monoisotopic (exact) mass is 248 g/mol. The van der Waals surface area contributed by atoms with Crippen LogP contribution in [0.15, 0.2) is 6.20 Å². The molecule has 0 aromatic carbocycles. The molecule has 0 bridgehead atoms. The number of nitrogens with one attached hydrogen (secondary N) is 1. The second-order valence-corrected chi connectivity index (χ2v) is 6.78. The normalized spacial score (nSPS) is 25.8. The van der Waals surface area contributed by atoms with E-state index in [1.807, 2.05) is 6.92 Å². The number of hydrogen-bond donors (Lipinski definition) is 1. The maximum atomic E-state index is 4.36. The lowest BCUT2D eigenvalue weighted by Gasteiger charge is -2.27. The largest absolute Gasteiger partial charge is 0.346 e. The van der Waals surface area contributed by atoms with Gasteiger partial charge in [0.1, 0.15) is 5.82 Å². The Hall–Kier alpha value is -0.790. The van der Waals surface area contributed by atoms with Gasteiger partial charge in [-0.1, -0.05) is 39.5 Å². The zero-order chi connectivity index (χ0) is 13.0. The average Bonchev–Trinajstić information content (AvgIpc) is 2.73. The summed E-state index contributed by atoms with van der Waals surface area (Å²) in [6.07, 6.45) is 13.0. The molecule has 18 heavy (non-hydrogen) atoms. The van der Waals surface area contributed by atoms with Crippen LogP contribution in [0.1, 0.15) is 82.7 Å². The second-order valence-electron chi connectivity index (χ2n) is 6.78. The van der Waals surface area contributed by atoms with Crippen LogP contribution in [-0.2, 0) is 0 Å². The lowest BCUT2D eigenvalue weighted by atomic mass is 9.79. The summed E-state index contributed by atoms with van der Waals surface area (Å²) in [5.74, 6) is 1.77. The third-order valence-corrected chi connectivity index (χ3v) is 4.47. The van der Waals surface area contributed by atoms with Gasteiger partial charge in [-0.25, -0.2) is 4.98 Å². The highest BCUT2D eigenvalue weighted by Gasteiger charge is 2.21. The summed E-state index contributed by atoms with van der Waals surface area (Å²) < 4.78 is 0. The van der Waals surface area contributed by atoms with Crippen molar-refractivity contribution in [2.75, 3.05) is 0 Å². The number of hydrogen-bond acceptors (Lipinski definition) is 1. The molecule has 0 aliphatic heterocycles. The number of aryl methyl sites for hydroxylation is 1. The number of aromatic nitrogens is 2. The first kappa shape index (κ1) is 13.6. The first-order valence-corrected chi connectivity index (χ1v) is 7.58. The smallest absolute Gasteiger partial charge is 0.103 e. The molecular weight excluding hydrogens is 220 g/mol. The molecule has 0 amide bonds. The zero-order valence-corrected chi connectivity index (χ0v) is 12.3. The molecular formula is C16H28N2. The molecule has 1 aromatic rings. The molecule has 1 atom stereocenters. The average molecular weight is 248 g/mol. The highest BCUT2D eigenvalue weighted by molar-refractivity contribution is 5.07. The minimum Gasteiger partial charge on any atom is -0.346 e. The van der Waals surface area contributed by atoms with E-state index in [0.29, 0.717) is 11.3 Å². The van der Waals surface area contributed by atoms with E-state index in [-0.39, 0.29) is 0 Å². The van der Waals surface area contributed by atoms with Crippen molar-refractivity contribution in [2.24, 2.45) is 5.41 Å². The van der Waals surface area contributed by atoms with Gasteiger partial charge in [0.15, 0.2) is 0 Å². The third-order valence-electron chi connectivity index (χ3n) is 4.47. The molecule has 1 N–H and O–H groups in total. The predicted octanol–water partition coefficient (Wildman–Crippen LogP) is 4.96. The highest BCUT2D eigenvalue weighted by Crippen LogP contribution is 2.35. The molecule has 102 valence electrons. The van der Waals surface area contributed by atoms with Gasteiger partial charge in [-0.15, -0.1) is 0 Å². The van der Waals surface area contributed by atoms with Crippen LogP contribution in [0.4, 0.5) is 0 Å². The molecule has 1 saturated carbocycles. The number of H-pyrrole nitrogens is 1. The van der Waals surface area contributed by atoms with Crippen LogP contribution < -0.4 is 0 Å². The van der Waals surface area contributed by atoms with Crippen LogP contribution in [0.3, 0.4) is 0 Å². The SMILES string of the molecule is Cc1ncc(C2CCCCCC(C)(C)CCC2)[nH]1. The van der Waals surface area contributed by atoms with Crippen LogP contribution in [0.5, 0.6) is 0 Å². The number of aromatic amines is 1. The quantitative estimate of drug-likeness (QED) is 0.747. The van der Waals surface area contributed by atoms with Crippen molar-refractivity contribution in [1.29, 1.82) is 0 Å². The van der Waals surface area contributed by atoms with Gasteiger partial charge in [0.05, 0.1) is 0 Å². The van der Waals surface area contributed by atoms with Crippen molar-refractivity contribution in [1.82, 2.24) is 9.97 Å². The minimum atomic E-state index is 0.547. The van der Waals surface area contributed by atoms with Crippen molar-refractivity contribution in [3.63, 3.8) is 0 Å². The van der Waals surface area contributed by atoms with Crippen molar-refractivity contribution >= 4 is 0 Å². The summed E-state index contributed by atoms with van der Waals surface area (Å²) in [6.45, 7) is 6.92. The molecule has 0 spiro atoms. The van der Waals surface area contributed by atoms with Crippen LogP contribution in [0, 0.1) is 12.3 Å². The minimum absolute atomic E-state index is 0.547. The molecule has 1 fully saturated rings. The Labute approximate surface area is 112 Å². The van der Waals surface area contributed by atoms with Crippen molar-refractivity contribution < 1.29 is 0 Å². The topological polar surface area (TPSA) is 28.7 Å². The Balaban J connectivity index is 1.98. The molecule has 2 rings (SSSR count). The van der Waals surface area contributed by atoms with Crippen molar-refractivity contribution in [3.05, 3.63) is 17.7 Å². The van der Waals surface area contributed by atoms with E-state index >= 15 is 0 Å². The highest BCUT2D eigenvalue weighted by atomic mass is 14.9. The molecule has 0 saturated heterocycles. The molecule has 0 radical (unpaired) electrons. The van der Waals surface area contributed by atoms with Gasteiger partial charge in [-0.2, -0.15) is 0 Å². The number of nitrogens with zero attached hydrogens (tertiary/aromatic N) is 1. The summed E-state index contributed by atoms with van der Waals surface area (Å²) in [5.41, 5.74) is 1.91. The predicted molar refractivity (Wildman–Crippen MR) is 76.8 cm³/mol. The number of rotatable bonds is 1. The van der Waals surface area contributed by atoms with Gasteiger partial charge in [0.25, 0.3) is 0 Å². The van der Waals surface area contributed by atoms with Crippen LogP contribution in [-0.4, -0.2) is 9.97 Å². The van der Waals surface area contributed by atoms with Crippen molar-refractivity contribution in [3.8, 4) is 0 Å². The Morgan fingerprint density at radius 3 is 2.56 bits per heavy atom. The van der Waals surface area contributed by atoms with E-state index < -0.39 is 0 Å². The van der Waals surface area contributed by atoms with Gasteiger partial charge in [0, 0.05) is 17.8 Å². The maximum absolute atomic E-state index is 4.36. The summed E-state index contributed by atoms with van der Waals surface area (Å²) >= 11 is 0. The van der Waals surface area contributed by atoms with Crippen molar-refractivity contribution in [2.45, 2.75) is 78.1 Å². The fraction of sp³-hybridized carbons (Fsp3) is 0.812. The van der Waals surface area contributed by atoms with E-state index in [4.69, 9.17) is 0 Å². The Bertz CT molecular complexity index is 365. The second kappa shape index (κ2) is 5.90. The van der Waals surface area contributed by atoms with Gasteiger partial charge < -0.3 is 4.98 Å². The Morgan fingerprint density at radius 1 is 1.11 bits per heavy atom. The summed E-state index contributed by atoms with van der Waals surface area (Å²) in [7, 11) is 0. The van der Waals surface area contributed by atoms with E-state index in [2.05, 4.69) is 30.0 Å². The lowest BCUT2D eigenvalue weighted by Crippen LogP contribution is -2.13. The molecule has 1 aromatic heterocycles. The fourth-order valence-electron chi connectivity index (χ4n) is 3.23. The van der Waals surface area contributed by atoms with Gasteiger partial charge >= 0.3 is 0 Å². The first-order chi connectivity index (χ1) is 8.57. The zero-order valence-electron chi connectivity index (χ0n) is 12.3. The molecule has 1 aliphatic rings. The van der Waals surface area contributed by atoms with Gasteiger partial charge in [-0.05, 0) is 38.0 Å². The first-order valence-electron chi connectivity index (χ1n) is 7.58. The summed E-state index contributed by atoms with van der Waals surface area (Å²) in [5, 5.41) is 0. The Kier molecular flexibility index (Phi) is 4.47. The number of imidazole rings is 1. The van der Waals surface area contributed by atoms with E-state index in [0.717, 1.165) is 5.82 Å². The molecule has 2 nitrogen and oxygen atoms in total. The third kappa shape index (κ3) is 3.86. The molecule has 2 heteroatoms. The summed E-state index contributed by atoms with van der Waals surface area (Å²) in [4.78, 5) is 7.80. The Morgan fingerprint density at radius 2 is 1.83 bits per heavy atom. The van der Waals surface area contributed by atoms with E-state index in [1.54, 1.807) is 0 Å². The van der Waals surface area contributed by atoms with Crippen LogP contribution >= 0.6 is 0 Å². The van der Waals surface area contributed by atoms with E-state index in [1.165, 1.54) is 57.1 Å². The van der Waals surface area contributed by atoms with Crippen LogP contribution in [0.25, 0.3) is 0 Å². The summed E-state index contributed by atoms with van der Waals surface area (Å²) in [6, 6.07) is 0. The molecule has 1 aliphatic carbocycles. The van der Waals surface area contributed by atoms with Gasteiger partial charge in [-0.3, -0.25) is 0 Å². The van der Waals surface area contributed by atoms with Crippen LogP contribution in [0.2, 0.25) is 0 Å². The lowest BCUT2D eigenvalue weighted by molar-refractivity contribution is 0.269. The molecule has 1 heterocycles. The van der Waals surface area contributed by atoms with Gasteiger partial charge in [0.2, 0.25) is 0 Å². The maximum Gasteiger partial charge on any atom is 0.103 e. The molecule has 1 unspecified atom stereocenters.